The number of fused-ring (bicyclic) bond motifs is 5. The molecule has 0 fully saturated rings. The molecule has 0 N–H and O–H groups in total. The third-order valence-electron chi connectivity index (χ3n) is 10.4. The Balaban J connectivity index is 1.08. The summed E-state index contributed by atoms with van der Waals surface area (Å²) < 4.78 is 9.76. The van der Waals surface area contributed by atoms with E-state index in [2.05, 4.69) is 115 Å². The first kappa shape index (κ1) is 30.7. The summed E-state index contributed by atoms with van der Waals surface area (Å²) in [6.07, 6.45) is 0. The van der Waals surface area contributed by atoms with Crippen molar-refractivity contribution in [2.75, 3.05) is 0 Å². The van der Waals surface area contributed by atoms with Gasteiger partial charge in [-0.1, -0.05) is 115 Å². The maximum Gasteiger partial charge on any atom is 0.328 e. The first-order valence-corrected chi connectivity index (χ1v) is 17.6. The molecule has 6 heteroatoms. The zero-order valence-electron chi connectivity index (χ0n) is 29.1. The SMILES string of the molecule is Cn1c(=O)n(C)c2cc(-c3ccc(-c4cc(-c5cccc(-c6cccc7oc8cc9ccccc9cc8c67)c5)nc(-c5ccccc5)n4)cc3)ccc21. The van der Waals surface area contributed by atoms with Crippen LogP contribution in [0.25, 0.3) is 99.9 Å². The van der Waals surface area contributed by atoms with Gasteiger partial charge in [-0.15, -0.1) is 0 Å². The Bertz CT molecular complexity index is 3100. The molecule has 0 spiro atoms. The predicted octanol–water partition coefficient (Wildman–Crippen LogP) is 11.1. The molecule has 6 nitrogen and oxygen atoms in total. The minimum Gasteiger partial charge on any atom is -0.456 e. The molecular weight excluding hydrogens is 653 g/mol. The molecule has 3 aromatic heterocycles. The van der Waals surface area contributed by atoms with Crippen molar-refractivity contribution in [2.24, 2.45) is 14.1 Å². The standard InChI is InChI=1S/C47H32N4O2/c1-50-41-23-22-34(26-42(41)51(2)47(50)52)29-18-20-30(21-19-29)39-28-40(49-46(48-39)31-10-4-3-5-11-31)36-15-8-14-35(24-36)37-16-9-17-43-45(37)38-25-32-12-6-7-13-33(32)27-44(38)53-43/h3-28H,1-2H3. The topological polar surface area (TPSA) is 65.8 Å². The van der Waals surface area contributed by atoms with Gasteiger partial charge in [0.15, 0.2) is 5.82 Å². The summed E-state index contributed by atoms with van der Waals surface area (Å²) in [7, 11) is 3.61. The number of furan rings is 1. The average molecular weight is 685 g/mol. The smallest absolute Gasteiger partial charge is 0.328 e. The number of rotatable bonds is 5. The number of imidazole rings is 1. The van der Waals surface area contributed by atoms with Crippen molar-refractivity contribution in [2.45, 2.75) is 0 Å². The summed E-state index contributed by atoms with van der Waals surface area (Å²) in [5, 5.41) is 4.55. The van der Waals surface area contributed by atoms with Gasteiger partial charge in [-0.05, 0) is 75.5 Å². The van der Waals surface area contributed by atoms with Crippen molar-refractivity contribution in [1.82, 2.24) is 19.1 Å². The minimum atomic E-state index is -0.0346. The molecule has 53 heavy (non-hydrogen) atoms. The number of aromatic nitrogens is 4. The van der Waals surface area contributed by atoms with E-state index in [4.69, 9.17) is 14.4 Å². The maximum atomic E-state index is 12.5. The van der Waals surface area contributed by atoms with E-state index in [9.17, 15) is 4.79 Å². The number of nitrogens with zero attached hydrogens (tertiary/aromatic N) is 4. The highest BCUT2D eigenvalue weighted by Crippen LogP contribution is 2.39. The van der Waals surface area contributed by atoms with Crippen LogP contribution in [0.3, 0.4) is 0 Å². The van der Waals surface area contributed by atoms with E-state index in [1.54, 1.807) is 16.2 Å². The second-order valence-electron chi connectivity index (χ2n) is 13.6. The van der Waals surface area contributed by atoms with E-state index in [0.29, 0.717) is 5.82 Å². The van der Waals surface area contributed by atoms with Crippen LogP contribution < -0.4 is 5.69 Å². The van der Waals surface area contributed by atoms with Gasteiger partial charge in [0.2, 0.25) is 0 Å². The van der Waals surface area contributed by atoms with Crippen LogP contribution in [0.4, 0.5) is 0 Å². The fourth-order valence-electron chi connectivity index (χ4n) is 7.58. The second kappa shape index (κ2) is 12.0. The molecular formula is C47H32N4O2. The lowest BCUT2D eigenvalue weighted by Crippen LogP contribution is -2.19. The van der Waals surface area contributed by atoms with Crippen LogP contribution in [-0.2, 0) is 14.1 Å². The third kappa shape index (κ3) is 5.15. The van der Waals surface area contributed by atoms with E-state index in [-0.39, 0.29) is 5.69 Å². The molecule has 3 heterocycles. The van der Waals surface area contributed by atoms with Crippen LogP contribution in [0.2, 0.25) is 0 Å². The summed E-state index contributed by atoms with van der Waals surface area (Å²) >= 11 is 0. The molecule has 0 radical (unpaired) electrons. The van der Waals surface area contributed by atoms with Gasteiger partial charge >= 0.3 is 5.69 Å². The lowest BCUT2D eigenvalue weighted by Gasteiger charge is -2.11. The Hall–Kier alpha value is -7.05. The molecule has 0 aliphatic carbocycles. The summed E-state index contributed by atoms with van der Waals surface area (Å²) in [5.74, 6) is 0.665. The normalized spacial score (nSPS) is 11.7. The van der Waals surface area contributed by atoms with Gasteiger partial charge in [0, 0.05) is 41.6 Å². The maximum absolute atomic E-state index is 12.5. The predicted molar refractivity (Wildman–Crippen MR) is 216 cm³/mol. The van der Waals surface area contributed by atoms with Crippen LogP contribution in [0.5, 0.6) is 0 Å². The Morgan fingerprint density at radius 2 is 1.11 bits per heavy atom. The minimum absolute atomic E-state index is 0.0346. The largest absolute Gasteiger partial charge is 0.456 e. The van der Waals surface area contributed by atoms with Crippen LogP contribution in [0, 0.1) is 0 Å². The van der Waals surface area contributed by atoms with E-state index >= 15 is 0 Å². The number of hydrogen-bond donors (Lipinski definition) is 0. The summed E-state index contributed by atoms with van der Waals surface area (Å²) in [5.41, 5.74) is 12.4. The highest BCUT2D eigenvalue weighted by atomic mass is 16.3. The zero-order chi connectivity index (χ0) is 35.6. The Morgan fingerprint density at radius 1 is 0.472 bits per heavy atom. The number of benzene rings is 7. The van der Waals surface area contributed by atoms with Crippen LogP contribution in [-0.4, -0.2) is 19.1 Å². The fraction of sp³-hybridized carbons (Fsp3) is 0.0426. The average Bonchev–Trinajstić information content (AvgIpc) is 3.69. The van der Waals surface area contributed by atoms with Gasteiger partial charge in [0.05, 0.1) is 22.4 Å². The van der Waals surface area contributed by atoms with Crippen molar-refractivity contribution < 1.29 is 4.42 Å². The van der Waals surface area contributed by atoms with Crippen molar-refractivity contribution in [3.05, 3.63) is 168 Å². The van der Waals surface area contributed by atoms with E-state index < -0.39 is 0 Å². The van der Waals surface area contributed by atoms with Crippen molar-refractivity contribution in [1.29, 1.82) is 0 Å². The van der Waals surface area contributed by atoms with Gasteiger partial charge in [0.25, 0.3) is 0 Å². The van der Waals surface area contributed by atoms with Gasteiger partial charge in [-0.25, -0.2) is 14.8 Å². The lowest BCUT2D eigenvalue weighted by atomic mass is 9.96. The summed E-state index contributed by atoms with van der Waals surface area (Å²) in [4.78, 5) is 22.7. The highest BCUT2D eigenvalue weighted by Gasteiger charge is 2.16. The number of hydrogen-bond acceptors (Lipinski definition) is 4. The quantitative estimate of drug-likeness (QED) is 0.181. The molecule has 0 bridgehead atoms. The van der Waals surface area contributed by atoms with E-state index in [0.717, 1.165) is 88.7 Å². The van der Waals surface area contributed by atoms with Crippen LogP contribution >= 0.6 is 0 Å². The van der Waals surface area contributed by atoms with E-state index in [1.807, 2.05) is 49.5 Å². The zero-order valence-corrected chi connectivity index (χ0v) is 29.1. The Morgan fingerprint density at radius 3 is 1.92 bits per heavy atom. The first-order valence-electron chi connectivity index (χ1n) is 17.6. The molecule has 0 aliphatic heterocycles. The van der Waals surface area contributed by atoms with Gasteiger partial charge in [0.1, 0.15) is 11.2 Å². The Kier molecular flexibility index (Phi) is 6.98. The third-order valence-corrected chi connectivity index (χ3v) is 10.4. The van der Waals surface area contributed by atoms with Crippen LogP contribution in [0.1, 0.15) is 0 Å². The molecule has 0 amide bonds. The first-order chi connectivity index (χ1) is 26.0. The molecule has 0 unspecified atom stereocenters. The molecule has 0 atom stereocenters. The molecule has 10 rings (SSSR count). The van der Waals surface area contributed by atoms with Crippen LogP contribution in [0.15, 0.2) is 167 Å². The second-order valence-corrected chi connectivity index (χ2v) is 13.6. The van der Waals surface area contributed by atoms with Gasteiger partial charge in [-0.3, -0.25) is 9.13 Å². The molecule has 7 aromatic carbocycles. The Labute approximate surface area is 304 Å². The highest BCUT2D eigenvalue weighted by molar-refractivity contribution is 6.15. The summed E-state index contributed by atoms with van der Waals surface area (Å²) in [6.45, 7) is 0. The monoisotopic (exact) mass is 684 g/mol. The van der Waals surface area contributed by atoms with Gasteiger partial charge < -0.3 is 4.42 Å². The molecule has 0 saturated carbocycles. The molecule has 252 valence electrons. The molecule has 0 saturated heterocycles. The van der Waals surface area contributed by atoms with Gasteiger partial charge in [-0.2, -0.15) is 0 Å². The van der Waals surface area contributed by atoms with E-state index in [1.165, 1.54) is 5.39 Å². The number of aryl methyl sites for hydroxylation is 2. The molecule has 0 aliphatic rings. The van der Waals surface area contributed by atoms with Crippen molar-refractivity contribution in [3.63, 3.8) is 0 Å². The van der Waals surface area contributed by atoms with Crippen molar-refractivity contribution in [3.8, 4) is 56.2 Å². The van der Waals surface area contributed by atoms with Crippen molar-refractivity contribution >= 4 is 43.7 Å². The lowest BCUT2D eigenvalue weighted by molar-refractivity contribution is 0.669. The fourth-order valence-corrected chi connectivity index (χ4v) is 7.58. The summed E-state index contributed by atoms with van der Waals surface area (Å²) in [6, 6.07) is 54.4. The molecule has 10 aromatic rings.